The molecule has 66 heavy (non-hydrogen) atoms. The SMILES string of the molecule is CCCCCCCC/C=C\CCCCCCCCCCCC(=O)OCC(COC(=O)CCCCCCCCCCCCCC)OC(=O)CCCCCCCCC/C=C\CCCCCCCC. The van der Waals surface area contributed by atoms with Gasteiger partial charge in [-0.2, -0.15) is 0 Å². The van der Waals surface area contributed by atoms with Crippen molar-refractivity contribution in [3.05, 3.63) is 24.3 Å². The van der Waals surface area contributed by atoms with E-state index < -0.39 is 6.10 Å². The molecule has 0 saturated carbocycles. The van der Waals surface area contributed by atoms with E-state index in [4.69, 9.17) is 14.2 Å². The van der Waals surface area contributed by atoms with Crippen LogP contribution in [-0.4, -0.2) is 37.2 Å². The van der Waals surface area contributed by atoms with Crippen LogP contribution in [0.3, 0.4) is 0 Å². The lowest BCUT2D eigenvalue weighted by Crippen LogP contribution is -2.30. The lowest BCUT2D eigenvalue weighted by Gasteiger charge is -2.18. The maximum atomic E-state index is 12.8. The van der Waals surface area contributed by atoms with Crippen LogP contribution in [0.5, 0.6) is 0 Å². The molecule has 6 heteroatoms. The summed E-state index contributed by atoms with van der Waals surface area (Å²) in [4.78, 5) is 38.1. The van der Waals surface area contributed by atoms with Crippen molar-refractivity contribution in [1.82, 2.24) is 0 Å². The van der Waals surface area contributed by atoms with Gasteiger partial charge in [-0.25, -0.2) is 0 Å². The number of carbonyl (C=O) groups excluding carboxylic acids is 3. The van der Waals surface area contributed by atoms with E-state index in [2.05, 4.69) is 45.1 Å². The summed E-state index contributed by atoms with van der Waals surface area (Å²) in [6.45, 7) is 6.67. The van der Waals surface area contributed by atoms with Gasteiger partial charge in [0.15, 0.2) is 6.10 Å². The van der Waals surface area contributed by atoms with Crippen LogP contribution in [0.2, 0.25) is 0 Å². The van der Waals surface area contributed by atoms with Gasteiger partial charge >= 0.3 is 17.9 Å². The first-order chi connectivity index (χ1) is 32.5. The number of rotatable bonds is 54. The largest absolute Gasteiger partial charge is 0.462 e. The number of esters is 3. The second-order valence-electron chi connectivity index (χ2n) is 19.9. The zero-order valence-corrected chi connectivity index (χ0v) is 44.5. The fourth-order valence-electron chi connectivity index (χ4n) is 8.73. The van der Waals surface area contributed by atoms with Crippen molar-refractivity contribution in [3.8, 4) is 0 Å². The molecule has 0 aromatic carbocycles. The third-order valence-corrected chi connectivity index (χ3v) is 13.2. The molecule has 0 radical (unpaired) electrons. The quantitative estimate of drug-likeness (QED) is 0.0262. The van der Waals surface area contributed by atoms with Crippen molar-refractivity contribution < 1.29 is 28.6 Å². The van der Waals surface area contributed by atoms with Crippen molar-refractivity contribution in [2.75, 3.05) is 13.2 Å². The standard InChI is InChI=1S/C60H112O6/c1-4-7-10-13-16-19-22-25-27-29-30-32-33-35-38-41-44-47-50-53-59(62)65-56-57(55-64-58(61)52-49-46-43-40-37-24-21-18-15-12-9-6-3)66-60(63)54-51-48-45-42-39-36-34-31-28-26-23-20-17-14-11-8-5-2/h25-28,57H,4-24,29-56H2,1-3H3/b27-25-,28-26-. The average molecular weight is 930 g/mol. The fourth-order valence-corrected chi connectivity index (χ4v) is 8.73. The van der Waals surface area contributed by atoms with E-state index in [0.717, 1.165) is 57.8 Å². The summed E-state index contributed by atoms with van der Waals surface area (Å²) in [5.74, 6) is -0.856. The highest BCUT2D eigenvalue weighted by Gasteiger charge is 2.19. The Kier molecular flexibility index (Phi) is 53.7. The van der Waals surface area contributed by atoms with Gasteiger partial charge in [-0.1, -0.05) is 257 Å². The molecule has 0 fully saturated rings. The van der Waals surface area contributed by atoms with E-state index in [9.17, 15) is 14.4 Å². The van der Waals surface area contributed by atoms with Gasteiger partial charge in [-0.15, -0.1) is 0 Å². The van der Waals surface area contributed by atoms with Gasteiger partial charge in [0, 0.05) is 19.3 Å². The molecule has 0 saturated heterocycles. The number of ether oxygens (including phenoxy) is 3. The minimum Gasteiger partial charge on any atom is -0.462 e. The maximum Gasteiger partial charge on any atom is 0.306 e. The van der Waals surface area contributed by atoms with Gasteiger partial charge in [0.05, 0.1) is 0 Å². The Morgan fingerprint density at radius 1 is 0.288 bits per heavy atom. The van der Waals surface area contributed by atoms with Crippen LogP contribution >= 0.6 is 0 Å². The van der Waals surface area contributed by atoms with Crippen molar-refractivity contribution in [2.24, 2.45) is 0 Å². The molecule has 0 bridgehead atoms. The lowest BCUT2D eigenvalue weighted by molar-refractivity contribution is -0.167. The zero-order chi connectivity index (χ0) is 47.9. The first-order valence-corrected chi connectivity index (χ1v) is 29.3. The van der Waals surface area contributed by atoms with Gasteiger partial charge in [-0.05, 0) is 70.6 Å². The summed E-state index contributed by atoms with van der Waals surface area (Å²) < 4.78 is 16.9. The van der Waals surface area contributed by atoms with Crippen LogP contribution in [-0.2, 0) is 28.6 Å². The molecule has 0 amide bonds. The highest BCUT2D eigenvalue weighted by atomic mass is 16.6. The van der Waals surface area contributed by atoms with E-state index in [0.29, 0.717) is 19.3 Å². The Morgan fingerprint density at radius 3 is 0.758 bits per heavy atom. The molecule has 0 N–H and O–H groups in total. The maximum absolute atomic E-state index is 12.8. The van der Waals surface area contributed by atoms with Gasteiger partial charge < -0.3 is 14.2 Å². The van der Waals surface area contributed by atoms with Crippen LogP contribution in [0.1, 0.15) is 323 Å². The van der Waals surface area contributed by atoms with E-state index in [1.807, 2.05) is 0 Å². The van der Waals surface area contributed by atoms with Crippen molar-refractivity contribution in [1.29, 1.82) is 0 Å². The third kappa shape index (κ3) is 52.9. The molecule has 1 atom stereocenters. The minimum absolute atomic E-state index is 0.0691. The molecule has 388 valence electrons. The highest BCUT2D eigenvalue weighted by Crippen LogP contribution is 2.16. The van der Waals surface area contributed by atoms with Crippen LogP contribution in [0, 0.1) is 0 Å². The van der Waals surface area contributed by atoms with Crippen LogP contribution < -0.4 is 0 Å². The number of allylic oxidation sites excluding steroid dienone is 4. The van der Waals surface area contributed by atoms with Gasteiger partial charge in [0.2, 0.25) is 0 Å². The van der Waals surface area contributed by atoms with E-state index >= 15 is 0 Å². The van der Waals surface area contributed by atoms with E-state index in [1.54, 1.807) is 0 Å². The topological polar surface area (TPSA) is 78.9 Å². The summed E-state index contributed by atoms with van der Waals surface area (Å²) in [6, 6.07) is 0. The van der Waals surface area contributed by atoms with Gasteiger partial charge in [0.25, 0.3) is 0 Å². The number of hydrogen-bond acceptors (Lipinski definition) is 6. The molecule has 0 aromatic heterocycles. The smallest absolute Gasteiger partial charge is 0.306 e. The molecule has 6 nitrogen and oxygen atoms in total. The van der Waals surface area contributed by atoms with Crippen LogP contribution in [0.15, 0.2) is 24.3 Å². The summed E-state index contributed by atoms with van der Waals surface area (Å²) in [5, 5.41) is 0. The summed E-state index contributed by atoms with van der Waals surface area (Å²) in [7, 11) is 0. The molecular weight excluding hydrogens is 817 g/mol. The molecule has 0 rings (SSSR count). The predicted octanol–water partition coefficient (Wildman–Crippen LogP) is 19.5. The van der Waals surface area contributed by atoms with Gasteiger partial charge in [0.1, 0.15) is 13.2 Å². The molecule has 0 aromatic rings. The Bertz CT molecular complexity index is 1070. The highest BCUT2D eigenvalue weighted by molar-refractivity contribution is 5.71. The van der Waals surface area contributed by atoms with Crippen molar-refractivity contribution >= 4 is 17.9 Å². The first kappa shape index (κ1) is 63.9. The first-order valence-electron chi connectivity index (χ1n) is 29.3. The molecule has 0 aliphatic carbocycles. The number of hydrogen-bond donors (Lipinski definition) is 0. The summed E-state index contributed by atoms with van der Waals surface area (Å²) >= 11 is 0. The lowest BCUT2D eigenvalue weighted by atomic mass is 10.0. The predicted molar refractivity (Wildman–Crippen MR) is 284 cm³/mol. The molecule has 0 heterocycles. The second kappa shape index (κ2) is 55.5. The third-order valence-electron chi connectivity index (χ3n) is 13.2. The van der Waals surface area contributed by atoms with E-state index in [-0.39, 0.29) is 31.1 Å². The number of unbranched alkanes of at least 4 members (excludes halogenated alkanes) is 39. The molecule has 0 aliphatic heterocycles. The molecule has 1 unspecified atom stereocenters. The van der Waals surface area contributed by atoms with Gasteiger partial charge in [-0.3, -0.25) is 14.4 Å². The Hall–Kier alpha value is -2.11. The van der Waals surface area contributed by atoms with Crippen LogP contribution in [0.4, 0.5) is 0 Å². The monoisotopic (exact) mass is 929 g/mol. The minimum atomic E-state index is -0.770. The Morgan fingerprint density at radius 2 is 0.500 bits per heavy atom. The van der Waals surface area contributed by atoms with E-state index in [1.165, 1.54) is 225 Å². The normalized spacial score (nSPS) is 12.1. The molecule has 0 aliphatic rings. The molecule has 0 spiro atoms. The average Bonchev–Trinajstić information content (AvgIpc) is 3.31. The molecular formula is C60H112O6. The summed E-state index contributed by atoms with van der Waals surface area (Å²) in [6.07, 6.45) is 64.5. The fraction of sp³-hybridized carbons (Fsp3) is 0.883. The summed E-state index contributed by atoms with van der Waals surface area (Å²) in [5.41, 5.74) is 0. The Labute approximate surface area is 411 Å². The van der Waals surface area contributed by atoms with Crippen LogP contribution in [0.25, 0.3) is 0 Å². The second-order valence-corrected chi connectivity index (χ2v) is 19.9. The Balaban J connectivity index is 4.31. The zero-order valence-electron chi connectivity index (χ0n) is 44.5. The number of carbonyl (C=O) groups is 3. The van der Waals surface area contributed by atoms with Crippen molar-refractivity contribution in [3.63, 3.8) is 0 Å². The van der Waals surface area contributed by atoms with Crippen molar-refractivity contribution in [2.45, 2.75) is 329 Å².